The Balaban J connectivity index is 2.40. The van der Waals surface area contributed by atoms with Gasteiger partial charge in [-0.3, -0.25) is 4.68 Å². The van der Waals surface area contributed by atoms with E-state index in [4.69, 9.17) is 16.7 Å². The van der Waals surface area contributed by atoms with E-state index < -0.39 is 10.0 Å². The molecule has 1 aromatic heterocycles. The van der Waals surface area contributed by atoms with Crippen LogP contribution in [0.25, 0.3) is 0 Å². The van der Waals surface area contributed by atoms with Crippen molar-refractivity contribution in [2.45, 2.75) is 23.9 Å². The first-order chi connectivity index (χ1) is 7.98. The molecule has 0 aromatic carbocycles. The van der Waals surface area contributed by atoms with E-state index in [-0.39, 0.29) is 29.2 Å². The third-order valence-corrected chi connectivity index (χ3v) is 5.13. The maximum atomic E-state index is 12.4. The highest BCUT2D eigenvalue weighted by Crippen LogP contribution is 2.33. The van der Waals surface area contributed by atoms with E-state index in [0.29, 0.717) is 0 Å². The van der Waals surface area contributed by atoms with Crippen molar-refractivity contribution in [2.75, 3.05) is 13.2 Å². The first-order valence-corrected chi connectivity index (χ1v) is 7.10. The van der Waals surface area contributed by atoms with Gasteiger partial charge in [0.15, 0.2) is 5.03 Å². The monoisotopic (exact) mass is 279 g/mol. The number of sulfonamides is 1. The maximum Gasteiger partial charge on any atom is 0.262 e. The van der Waals surface area contributed by atoms with E-state index in [1.807, 2.05) is 0 Å². The fourth-order valence-corrected chi connectivity index (χ4v) is 4.05. The molecule has 0 atom stereocenters. The maximum absolute atomic E-state index is 12.4. The highest BCUT2D eigenvalue weighted by molar-refractivity contribution is 7.89. The minimum Gasteiger partial charge on any atom is -0.395 e. The summed E-state index contributed by atoms with van der Waals surface area (Å²) >= 11 is 5.85. The van der Waals surface area contributed by atoms with Crippen LogP contribution in [0, 0.1) is 0 Å². The number of rotatable bonds is 5. The van der Waals surface area contributed by atoms with Crippen LogP contribution in [0.3, 0.4) is 0 Å². The smallest absolute Gasteiger partial charge is 0.262 e. The number of halogens is 1. The molecule has 1 aliphatic rings. The average molecular weight is 280 g/mol. The Kier molecular flexibility index (Phi) is 3.44. The predicted molar refractivity (Wildman–Crippen MR) is 62.2 cm³/mol. The van der Waals surface area contributed by atoms with Crippen molar-refractivity contribution in [1.82, 2.24) is 14.1 Å². The molecule has 1 fully saturated rings. The Bertz CT molecular complexity index is 490. The lowest BCUT2D eigenvalue weighted by molar-refractivity contribution is 0.250. The number of aliphatic hydroxyl groups is 1. The van der Waals surface area contributed by atoms with Crippen molar-refractivity contribution in [3.63, 3.8) is 0 Å². The Labute approximate surface area is 105 Å². The van der Waals surface area contributed by atoms with Gasteiger partial charge in [-0.15, -0.1) is 0 Å². The van der Waals surface area contributed by atoms with E-state index in [0.717, 1.165) is 12.8 Å². The molecular weight excluding hydrogens is 266 g/mol. The first kappa shape index (κ1) is 12.8. The minimum absolute atomic E-state index is 0.0143. The van der Waals surface area contributed by atoms with Gasteiger partial charge in [-0.05, 0) is 12.8 Å². The fraction of sp³-hybridized carbons (Fsp3) is 0.667. The topological polar surface area (TPSA) is 75.4 Å². The van der Waals surface area contributed by atoms with Crippen LogP contribution in [0.4, 0.5) is 0 Å². The van der Waals surface area contributed by atoms with E-state index in [2.05, 4.69) is 5.10 Å². The highest BCUT2D eigenvalue weighted by atomic mass is 35.5. The van der Waals surface area contributed by atoms with Crippen LogP contribution in [0.15, 0.2) is 11.2 Å². The summed E-state index contributed by atoms with van der Waals surface area (Å²) in [6, 6.07) is -0.0156. The molecule has 17 heavy (non-hydrogen) atoms. The normalized spacial score (nSPS) is 16.7. The zero-order chi connectivity index (χ0) is 12.6. The summed E-state index contributed by atoms with van der Waals surface area (Å²) < 4.78 is 27.3. The van der Waals surface area contributed by atoms with Crippen LogP contribution in [-0.2, 0) is 17.1 Å². The van der Waals surface area contributed by atoms with E-state index in [9.17, 15) is 8.42 Å². The minimum atomic E-state index is -3.68. The van der Waals surface area contributed by atoms with Gasteiger partial charge in [-0.1, -0.05) is 11.6 Å². The summed E-state index contributed by atoms with van der Waals surface area (Å²) in [4.78, 5) is 0. The molecule has 0 bridgehead atoms. The zero-order valence-corrected chi connectivity index (χ0v) is 10.9. The van der Waals surface area contributed by atoms with Gasteiger partial charge in [0, 0.05) is 19.6 Å². The molecule has 0 unspecified atom stereocenters. The number of aliphatic hydroxyl groups excluding tert-OH is 1. The predicted octanol–water partition coefficient (Wildman–Crippen LogP) is 0.219. The fourth-order valence-electron chi connectivity index (χ4n) is 1.76. The van der Waals surface area contributed by atoms with Gasteiger partial charge >= 0.3 is 0 Å². The van der Waals surface area contributed by atoms with Crippen LogP contribution in [0.2, 0.25) is 5.02 Å². The summed E-state index contributed by atoms with van der Waals surface area (Å²) in [5, 5.41) is 12.9. The molecule has 0 saturated heterocycles. The highest BCUT2D eigenvalue weighted by Gasteiger charge is 2.39. The van der Waals surface area contributed by atoms with Crippen molar-refractivity contribution in [3.05, 3.63) is 11.2 Å². The SMILES string of the molecule is Cn1ncc(Cl)c1S(=O)(=O)N(CCO)C1CC1. The Morgan fingerprint density at radius 2 is 2.29 bits per heavy atom. The average Bonchev–Trinajstić information content (AvgIpc) is 3.01. The van der Waals surface area contributed by atoms with Crippen LogP contribution in [0.5, 0.6) is 0 Å². The van der Waals surface area contributed by atoms with Gasteiger partial charge in [0.2, 0.25) is 0 Å². The molecular formula is C9H14ClN3O3S. The largest absolute Gasteiger partial charge is 0.395 e. The van der Waals surface area contributed by atoms with E-state index >= 15 is 0 Å². The number of hydrogen-bond acceptors (Lipinski definition) is 4. The van der Waals surface area contributed by atoms with E-state index in [1.54, 1.807) is 0 Å². The molecule has 0 radical (unpaired) electrons. The molecule has 2 rings (SSSR count). The standard InChI is InChI=1S/C9H14ClN3O3S/c1-12-9(8(10)6-11-12)17(15,16)13(4-5-14)7-2-3-7/h6-7,14H,2-5H2,1H3. The summed E-state index contributed by atoms with van der Waals surface area (Å²) in [6.07, 6.45) is 2.96. The number of hydrogen-bond donors (Lipinski definition) is 1. The molecule has 96 valence electrons. The second-order valence-corrected chi connectivity index (χ2v) is 6.20. The molecule has 1 saturated carbocycles. The molecule has 1 heterocycles. The van der Waals surface area contributed by atoms with Crippen LogP contribution >= 0.6 is 11.6 Å². The molecule has 1 N–H and O–H groups in total. The molecule has 1 aromatic rings. The third kappa shape index (κ3) is 2.33. The van der Waals surface area contributed by atoms with Gasteiger partial charge in [-0.25, -0.2) is 8.42 Å². The second-order valence-electron chi connectivity index (χ2n) is 3.99. The molecule has 1 aliphatic carbocycles. The number of nitrogens with zero attached hydrogens (tertiary/aromatic N) is 3. The Morgan fingerprint density at radius 3 is 2.71 bits per heavy atom. The van der Waals surface area contributed by atoms with E-state index in [1.165, 1.54) is 22.2 Å². The molecule has 6 nitrogen and oxygen atoms in total. The van der Waals surface area contributed by atoms with Crippen LogP contribution in [-0.4, -0.2) is 46.8 Å². The van der Waals surface area contributed by atoms with Crippen LogP contribution < -0.4 is 0 Å². The summed E-state index contributed by atoms with van der Waals surface area (Å²) in [5.41, 5.74) is 0. The van der Waals surface area contributed by atoms with Crippen LogP contribution in [0.1, 0.15) is 12.8 Å². The first-order valence-electron chi connectivity index (χ1n) is 5.28. The van der Waals surface area contributed by atoms with Crippen molar-refractivity contribution in [3.8, 4) is 0 Å². The summed E-state index contributed by atoms with van der Waals surface area (Å²) in [6.45, 7) is -0.111. The number of aryl methyl sites for hydroxylation is 1. The Morgan fingerprint density at radius 1 is 1.65 bits per heavy atom. The second kappa shape index (κ2) is 4.56. The molecule has 0 aliphatic heterocycles. The van der Waals surface area contributed by atoms with Gasteiger partial charge < -0.3 is 5.11 Å². The quantitative estimate of drug-likeness (QED) is 0.837. The van der Waals surface area contributed by atoms with Crippen molar-refractivity contribution < 1.29 is 13.5 Å². The Hall–Kier alpha value is -0.630. The summed E-state index contributed by atoms with van der Waals surface area (Å²) in [7, 11) is -2.15. The zero-order valence-electron chi connectivity index (χ0n) is 9.37. The van der Waals surface area contributed by atoms with Crippen molar-refractivity contribution in [2.24, 2.45) is 7.05 Å². The van der Waals surface area contributed by atoms with Gasteiger partial charge in [0.05, 0.1) is 17.8 Å². The van der Waals surface area contributed by atoms with Gasteiger partial charge in [0.1, 0.15) is 0 Å². The lowest BCUT2D eigenvalue weighted by atomic mass is 10.6. The summed E-state index contributed by atoms with van der Waals surface area (Å²) in [5.74, 6) is 0. The molecule has 0 amide bonds. The van der Waals surface area contributed by atoms with Crippen molar-refractivity contribution in [1.29, 1.82) is 0 Å². The lowest BCUT2D eigenvalue weighted by Gasteiger charge is -2.20. The molecule has 8 heteroatoms. The van der Waals surface area contributed by atoms with Gasteiger partial charge in [-0.2, -0.15) is 9.40 Å². The lowest BCUT2D eigenvalue weighted by Crippen LogP contribution is -2.36. The van der Waals surface area contributed by atoms with Gasteiger partial charge in [0.25, 0.3) is 10.0 Å². The molecule has 0 spiro atoms. The van der Waals surface area contributed by atoms with Crippen molar-refractivity contribution >= 4 is 21.6 Å². The third-order valence-electron chi connectivity index (χ3n) is 2.67. The number of aromatic nitrogens is 2.